The Kier molecular flexibility index (Phi) is 4.78. The summed E-state index contributed by atoms with van der Waals surface area (Å²) in [6.07, 6.45) is 3.47. The van der Waals surface area contributed by atoms with Crippen LogP contribution in [0.15, 0.2) is 48.0 Å². The standard InChI is InChI=1S/C17H19N5O3/c1-2-21-11-18-9-13(21)10-19-16(23)15-8-14(17(24)25)20-22(15)12-6-4-3-5-7-12/h3-7,9,11,15H,2,8,10H2,1H3,(H,19,23)(H,24,25). The smallest absolute Gasteiger partial charge is 0.352 e. The van der Waals surface area contributed by atoms with Gasteiger partial charge < -0.3 is 15.0 Å². The molecule has 2 N–H and O–H groups in total. The van der Waals surface area contributed by atoms with Crippen molar-refractivity contribution in [3.8, 4) is 0 Å². The molecule has 0 bridgehead atoms. The first-order chi connectivity index (χ1) is 12.1. The van der Waals surface area contributed by atoms with E-state index >= 15 is 0 Å². The van der Waals surface area contributed by atoms with Gasteiger partial charge in [-0.2, -0.15) is 5.10 Å². The molecule has 0 spiro atoms. The Morgan fingerprint density at radius 1 is 1.32 bits per heavy atom. The maximum absolute atomic E-state index is 12.6. The van der Waals surface area contributed by atoms with Crippen LogP contribution >= 0.6 is 0 Å². The zero-order valence-corrected chi connectivity index (χ0v) is 13.8. The molecule has 1 aromatic carbocycles. The van der Waals surface area contributed by atoms with Crippen LogP contribution in [0, 0.1) is 0 Å². The summed E-state index contributed by atoms with van der Waals surface area (Å²) in [5.41, 5.74) is 1.54. The molecule has 2 aromatic rings. The highest BCUT2D eigenvalue weighted by Gasteiger charge is 2.36. The monoisotopic (exact) mass is 341 g/mol. The molecular formula is C17H19N5O3. The molecule has 0 aliphatic carbocycles. The first kappa shape index (κ1) is 16.7. The Morgan fingerprint density at radius 2 is 2.08 bits per heavy atom. The molecule has 3 rings (SSSR count). The predicted octanol–water partition coefficient (Wildman–Crippen LogP) is 1.24. The van der Waals surface area contributed by atoms with Crippen molar-refractivity contribution in [2.45, 2.75) is 32.5 Å². The highest BCUT2D eigenvalue weighted by atomic mass is 16.4. The lowest BCUT2D eigenvalue weighted by atomic mass is 10.1. The minimum absolute atomic E-state index is 0.0254. The molecule has 1 unspecified atom stereocenters. The summed E-state index contributed by atoms with van der Waals surface area (Å²) in [5.74, 6) is -1.38. The van der Waals surface area contributed by atoms with Crippen LogP contribution in [-0.2, 0) is 22.7 Å². The van der Waals surface area contributed by atoms with Gasteiger partial charge in [-0.25, -0.2) is 9.78 Å². The number of carboxylic acids is 1. The molecule has 1 aromatic heterocycles. The maximum Gasteiger partial charge on any atom is 0.352 e. The van der Waals surface area contributed by atoms with Gasteiger partial charge >= 0.3 is 5.97 Å². The number of anilines is 1. The van der Waals surface area contributed by atoms with Gasteiger partial charge in [-0.3, -0.25) is 9.80 Å². The van der Waals surface area contributed by atoms with Gasteiger partial charge in [0.05, 0.1) is 24.3 Å². The average Bonchev–Trinajstić information content (AvgIpc) is 3.27. The number of benzene rings is 1. The Morgan fingerprint density at radius 3 is 2.76 bits per heavy atom. The number of nitrogens with one attached hydrogen (secondary N) is 1. The third-order valence-electron chi connectivity index (χ3n) is 4.06. The Bertz CT molecular complexity index is 800. The molecule has 0 radical (unpaired) electrons. The lowest BCUT2D eigenvalue weighted by molar-refractivity contribution is -0.129. The highest BCUT2D eigenvalue weighted by molar-refractivity contribution is 6.37. The minimum atomic E-state index is -1.11. The molecule has 2 heterocycles. The lowest BCUT2D eigenvalue weighted by Crippen LogP contribution is -2.42. The zero-order valence-electron chi connectivity index (χ0n) is 13.8. The van der Waals surface area contributed by atoms with E-state index in [2.05, 4.69) is 15.4 Å². The second-order valence-corrected chi connectivity index (χ2v) is 5.64. The third kappa shape index (κ3) is 3.52. The fourth-order valence-corrected chi connectivity index (χ4v) is 2.74. The number of aliphatic carboxylic acids is 1. The van der Waals surface area contributed by atoms with Gasteiger partial charge in [-0.05, 0) is 19.1 Å². The summed E-state index contributed by atoms with van der Waals surface area (Å²) in [5, 5.41) is 17.7. The maximum atomic E-state index is 12.6. The Hall–Kier alpha value is -3.16. The topological polar surface area (TPSA) is 99.8 Å². The van der Waals surface area contributed by atoms with E-state index in [1.807, 2.05) is 29.7 Å². The van der Waals surface area contributed by atoms with Crippen molar-refractivity contribution >= 4 is 23.3 Å². The van der Waals surface area contributed by atoms with Crippen molar-refractivity contribution in [2.24, 2.45) is 5.10 Å². The summed E-state index contributed by atoms with van der Waals surface area (Å²) in [6, 6.07) is 8.38. The summed E-state index contributed by atoms with van der Waals surface area (Å²) >= 11 is 0. The van der Waals surface area contributed by atoms with Crippen LogP contribution in [0.4, 0.5) is 5.69 Å². The number of aromatic nitrogens is 2. The van der Waals surface area contributed by atoms with Crippen LogP contribution in [-0.4, -0.2) is 38.3 Å². The van der Waals surface area contributed by atoms with Gasteiger partial charge in [0.25, 0.3) is 0 Å². The SMILES string of the molecule is CCn1cncc1CNC(=O)C1CC(C(=O)O)=NN1c1ccccc1. The van der Waals surface area contributed by atoms with Crippen molar-refractivity contribution in [1.82, 2.24) is 14.9 Å². The summed E-state index contributed by atoms with van der Waals surface area (Å²) in [4.78, 5) is 28.0. The zero-order chi connectivity index (χ0) is 17.8. The first-order valence-electron chi connectivity index (χ1n) is 8.02. The number of carbonyl (C=O) groups is 2. The van der Waals surface area contributed by atoms with Crippen LogP contribution in [0.25, 0.3) is 0 Å². The fraction of sp³-hybridized carbons (Fsp3) is 0.294. The van der Waals surface area contributed by atoms with Crippen molar-refractivity contribution in [3.63, 3.8) is 0 Å². The summed E-state index contributed by atoms with van der Waals surface area (Å²) < 4.78 is 1.93. The van der Waals surface area contributed by atoms with Crippen LogP contribution in [0.1, 0.15) is 19.0 Å². The van der Waals surface area contributed by atoms with Crippen molar-refractivity contribution in [2.75, 3.05) is 5.01 Å². The van der Waals surface area contributed by atoms with Crippen LogP contribution < -0.4 is 10.3 Å². The number of para-hydroxylation sites is 1. The normalized spacial score (nSPS) is 16.6. The second-order valence-electron chi connectivity index (χ2n) is 5.64. The molecule has 0 saturated carbocycles. The van der Waals surface area contributed by atoms with E-state index in [1.54, 1.807) is 24.7 Å². The number of carboxylic acid groups (broad SMARTS) is 1. The predicted molar refractivity (Wildman–Crippen MR) is 92.1 cm³/mol. The molecule has 130 valence electrons. The number of rotatable bonds is 6. The van der Waals surface area contributed by atoms with Crippen molar-refractivity contribution < 1.29 is 14.7 Å². The van der Waals surface area contributed by atoms with E-state index in [9.17, 15) is 14.7 Å². The highest BCUT2D eigenvalue weighted by Crippen LogP contribution is 2.24. The van der Waals surface area contributed by atoms with E-state index < -0.39 is 12.0 Å². The number of hydrogen-bond donors (Lipinski definition) is 2. The van der Waals surface area contributed by atoms with Gasteiger partial charge in [0.2, 0.25) is 5.91 Å². The van der Waals surface area contributed by atoms with Gasteiger partial charge in [0.1, 0.15) is 11.8 Å². The number of hydrogen-bond acceptors (Lipinski definition) is 5. The van der Waals surface area contributed by atoms with Crippen molar-refractivity contribution in [3.05, 3.63) is 48.5 Å². The van der Waals surface area contributed by atoms with E-state index in [0.29, 0.717) is 12.2 Å². The van der Waals surface area contributed by atoms with Crippen molar-refractivity contribution in [1.29, 1.82) is 0 Å². The van der Waals surface area contributed by atoms with E-state index in [0.717, 1.165) is 12.2 Å². The Balaban J connectivity index is 1.75. The van der Waals surface area contributed by atoms with Gasteiger partial charge in [-0.1, -0.05) is 18.2 Å². The molecule has 1 amide bonds. The summed E-state index contributed by atoms with van der Waals surface area (Å²) in [7, 11) is 0. The van der Waals surface area contributed by atoms with Gasteiger partial charge in [0, 0.05) is 19.2 Å². The van der Waals surface area contributed by atoms with Crippen LogP contribution in [0.2, 0.25) is 0 Å². The quantitative estimate of drug-likeness (QED) is 0.823. The number of imidazole rings is 1. The van der Waals surface area contributed by atoms with Crippen LogP contribution in [0.3, 0.4) is 0 Å². The van der Waals surface area contributed by atoms with E-state index in [4.69, 9.17) is 0 Å². The first-order valence-corrected chi connectivity index (χ1v) is 8.02. The number of amides is 1. The average molecular weight is 341 g/mol. The van der Waals surface area contributed by atoms with Crippen LogP contribution in [0.5, 0.6) is 0 Å². The minimum Gasteiger partial charge on any atom is -0.477 e. The van der Waals surface area contributed by atoms with Gasteiger partial charge in [-0.15, -0.1) is 0 Å². The lowest BCUT2D eigenvalue weighted by Gasteiger charge is -2.22. The molecule has 0 saturated heterocycles. The molecule has 1 atom stereocenters. The van der Waals surface area contributed by atoms with E-state index in [1.165, 1.54) is 5.01 Å². The number of aryl methyl sites for hydroxylation is 1. The largest absolute Gasteiger partial charge is 0.477 e. The molecule has 1 aliphatic heterocycles. The summed E-state index contributed by atoms with van der Waals surface area (Å²) in [6.45, 7) is 3.08. The Labute approximate surface area is 144 Å². The molecule has 1 aliphatic rings. The molecule has 25 heavy (non-hydrogen) atoms. The molecule has 0 fully saturated rings. The third-order valence-corrected chi connectivity index (χ3v) is 4.06. The number of carbonyl (C=O) groups excluding carboxylic acids is 1. The fourth-order valence-electron chi connectivity index (χ4n) is 2.74. The van der Waals surface area contributed by atoms with E-state index in [-0.39, 0.29) is 18.0 Å². The second kappa shape index (κ2) is 7.16. The molecule has 8 nitrogen and oxygen atoms in total. The number of nitrogens with zero attached hydrogens (tertiary/aromatic N) is 4. The molecular weight excluding hydrogens is 322 g/mol. The van der Waals surface area contributed by atoms with Gasteiger partial charge in [0.15, 0.2) is 0 Å². The molecule has 8 heteroatoms. The number of hydrazone groups is 1.